The molecule has 4 saturated carbocycles. The SMILES string of the molecule is C=C(C)C(=O)OC1C2CC3CC1CC(C(C)(C)OC(C)C(O)(C(F)(F)F)C(F)(F)F)(C3)C2. The van der Waals surface area contributed by atoms with E-state index in [1.165, 1.54) is 13.8 Å². The van der Waals surface area contributed by atoms with E-state index in [4.69, 9.17) is 9.47 Å². The molecular weight excluding hydrogens is 442 g/mol. The summed E-state index contributed by atoms with van der Waals surface area (Å²) in [7, 11) is 0. The minimum Gasteiger partial charge on any atom is -0.458 e. The van der Waals surface area contributed by atoms with Gasteiger partial charge in [0.25, 0.3) is 5.60 Å². The van der Waals surface area contributed by atoms with Gasteiger partial charge in [-0.3, -0.25) is 0 Å². The van der Waals surface area contributed by atoms with Gasteiger partial charge in [0, 0.05) is 5.57 Å². The van der Waals surface area contributed by atoms with Crippen molar-refractivity contribution < 1.29 is 45.7 Å². The van der Waals surface area contributed by atoms with Crippen molar-refractivity contribution in [3.63, 3.8) is 0 Å². The fourth-order valence-corrected chi connectivity index (χ4v) is 6.41. The molecule has 4 bridgehead atoms. The quantitative estimate of drug-likeness (QED) is 0.322. The molecule has 4 nitrogen and oxygen atoms in total. The number of carbonyl (C=O) groups is 1. The summed E-state index contributed by atoms with van der Waals surface area (Å²) in [5, 5.41) is 9.75. The maximum absolute atomic E-state index is 13.3. The Kier molecular flexibility index (Phi) is 6.03. The fraction of sp³-hybridized carbons (Fsp3) is 0.864. The van der Waals surface area contributed by atoms with Crippen LogP contribution in [0.3, 0.4) is 0 Å². The Bertz CT molecular complexity index is 741. The van der Waals surface area contributed by atoms with E-state index in [0.717, 1.165) is 12.8 Å². The Hall–Kier alpha value is -1.29. The number of alkyl halides is 6. The molecule has 0 aromatic carbocycles. The highest BCUT2D eigenvalue weighted by Crippen LogP contribution is 2.65. The molecule has 184 valence electrons. The average molecular weight is 472 g/mol. The molecule has 0 heterocycles. The van der Waals surface area contributed by atoms with Gasteiger partial charge in [0.2, 0.25) is 0 Å². The van der Waals surface area contributed by atoms with Crippen LogP contribution in [0.1, 0.15) is 59.8 Å². The third-order valence-corrected chi connectivity index (χ3v) is 7.98. The Morgan fingerprint density at radius 3 is 1.91 bits per heavy atom. The van der Waals surface area contributed by atoms with Gasteiger partial charge in [-0.15, -0.1) is 0 Å². The largest absolute Gasteiger partial charge is 0.458 e. The van der Waals surface area contributed by atoms with Crippen molar-refractivity contribution >= 4 is 5.97 Å². The van der Waals surface area contributed by atoms with Crippen LogP contribution in [0.25, 0.3) is 0 Å². The van der Waals surface area contributed by atoms with Gasteiger partial charge in [-0.2, -0.15) is 26.3 Å². The van der Waals surface area contributed by atoms with Gasteiger partial charge in [0.05, 0.1) is 5.60 Å². The van der Waals surface area contributed by atoms with Crippen LogP contribution in [0.2, 0.25) is 0 Å². The van der Waals surface area contributed by atoms with Crippen molar-refractivity contribution in [2.24, 2.45) is 23.2 Å². The van der Waals surface area contributed by atoms with Gasteiger partial charge in [-0.1, -0.05) is 6.58 Å². The van der Waals surface area contributed by atoms with E-state index >= 15 is 0 Å². The predicted molar refractivity (Wildman–Crippen MR) is 102 cm³/mol. The van der Waals surface area contributed by atoms with Crippen molar-refractivity contribution in [3.05, 3.63) is 12.2 Å². The summed E-state index contributed by atoms with van der Waals surface area (Å²) >= 11 is 0. The van der Waals surface area contributed by atoms with Crippen molar-refractivity contribution in [2.75, 3.05) is 0 Å². The molecule has 0 radical (unpaired) electrons. The van der Waals surface area contributed by atoms with Crippen LogP contribution < -0.4 is 0 Å². The molecule has 3 unspecified atom stereocenters. The molecule has 10 heteroatoms. The number of hydrogen-bond acceptors (Lipinski definition) is 4. The van der Waals surface area contributed by atoms with Crippen molar-refractivity contribution in [2.45, 2.75) is 95.6 Å². The van der Waals surface area contributed by atoms with Crippen LogP contribution in [0.5, 0.6) is 0 Å². The molecule has 0 aliphatic heterocycles. The van der Waals surface area contributed by atoms with Crippen LogP contribution in [0.15, 0.2) is 12.2 Å². The number of ether oxygens (including phenoxy) is 2. The summed E-state index contributed by atoms with van der Waals surface area (Å²) in [6.45, 7) is 8.74. The van der Waals surface area contributed by atoms with Crippen molar-refractivity contribution in [3.8, 4) is 0 Å². The van der Waals surface area contributed by atoms with Gasteiger partial charge < -0.3 is 14.6 Å². The number of rotatable bonds is 6. The highest BCUT2D eigenvalue weighted by molar-refractivity contribution is 5.87. The van der Waals surface area contributed by atoms with E-state index in [9.17, 15) is 36.2 Å². The Morgan fingerprint density at radius 2 is 1.50 bits per heavy atom. The maximum atomic E-state index is 13.3. The molecule has 32 heavy (non-hydrogen) atoms. The van der Waals surface area contributed by atoms with E-state index in [0.29, 0.717) is 26.2 Å². The molecule has 0 aromatic heterocycles. The standard InChI is InChI=1S/C22H30F6O4/c1-11(2)17(29)31-16-14-6-13-7-15(16)10-19(8-13,9-14)18(4,5)32-12(3)20(30,21(23,24)25)22(26,27)28/h12-16,30H,1,6-10H2,2-5H3. The molecule has 1 N–H and O–H groups in total. The lowest BCUT2D eigenvalue weighted by Gasteiger charge is -2.64. The number of esters is 1. The van der Waals surface area contributed by atoms with E-state index in [-0.39, 0.29) is 29.4 Å². The first-order valence-electron chi connectivity index (χ1n) is 10.7. The highest BCUT2D eigenvalue weighted by atomic mass is 19.4. The second-order valence-electron chi connectivity index (χ2n) is 10.4. The highest BCUT2D eigenvalue weighted by Gasteiger charge is 2.74. The molecule has 0 saturated heterocycles. The van der Waals surface area contributed by atoms with Gasteiger partial charge in [-0.05, 0) is 83.0 Å². The molecule has 3 atom stereocenters. The Labute approximate surface area is 183 Å². The van der Waals surface area contributed by atoms with Crippen LogP contribution in [-0.4, -0.2) is 46.8 Å². The predicted octanol–water partition coefficient (Wildman–Crippen LogP) is 5.34. The zero-order valence-electron chi connectivity index (χ0n) is 18.6. The van der Waals surface area contributed by atoms with Crippen LogP contribution >= 0.6 is 0 Å². The Balaban J connectivity index is 1.85. The molecule has 0 spiro atoms. The number of aliphatic hydroxyl groups is 1. The lowest BCUT2D eigenvalue weighted by Crippen LogP contribution is -2.67. The molecule has 4 rings (SSSR count). The summed E-state index contributed by atoms with van der Waals surface area (Å²) in [4.78, 5) is 12.1. The van der Waals surface area contributed by atoms with Crippen molar-refractivity contribution in [1.29, 1.82) is 0 Å². The molecule has 4 aliphatic rings. The molecule has 4 fully saturated rings. The van der Waals surface area contributed by atoms with E-state index in [1.54, 1.807) is 6.92 Å². The smallest absolute Gasteiger partial charge is 0.428 e. The van der Waals surface area contributed by atoms with Gasteiger partial charge in [-0.25, -0.2) is 4.79 Å². The molecule has 0 amide bonds. The van der Waals surface area contributed by atoms with Gasteiger partial charge in [0.15, 0.2) is 0 Å². The number of hydrogen-bond donors (Lipinski definition) is 1. The van der Waals surface area contributed by atoms with Gasteiger partial charge in [0.1, 0.15) is 12.2 Å². The second kappa shape index (κ2) is 7.61. The first kappa shape index (κ1) is 25.3. The second-order valence-corrected chi connectivity index (χ2v) is 10.4. The van der Waals surface area contributed by atoms with Crippen LogP contribution in [-0.2, 0) is 14.3 Å². The van der Waals surface area contributed by atoms with Gasteiger partial charge >= 0.3 is 18.3 Å². The topological polar surface area (TPSA) is 55.8 Å². The Morgan fingerprint density at radius 1 is 1.03 bits per heavy atom. The van der Waals surface area contributed by atoms with Crippen LogP contribution in [0, 0.1) is 23.2 Å². The molecule has 0 aromatic rings. The third-order valence-electron chi connectivity index (χ3n) is 7.98. The van der Waals surface area contributed by atoms with E-state index < -0.39 is 41.0 Å². The number of carbonyl (C=O) groups excluding carboxylic acids is 1. The van der Waals surface area contributed by atoms with Crippen molar-refractivity contribution in [1.82, 2.24) is 0 Å². The normalized spacial score (nSPS) is 33.8. The maximum Gasteiger partial charge on any atom is 0.428 e. The first-order chi connectivity index (χ1) is 14.3. The minimum atomic E-state index is -5.95. The summed E-state index contributed by atoms with van der Waals surface area (Å²) in [6, 6.07) is 0. The lowest BCUT2D eigenvalue weighted by molar-refractivity contribution is -0.403. The fourth-order valence-electron chi connectivity index (χ4n) is 6.41. The monoisotopic (exact) mass is 472 g/mol. The van der Waals surface area contributed by atoms with Crippen LogP contribution in [0.4, 0.5) is 26.3 Å². The molecule has 4 aliphatic carbocycles. The summed E-state index contributed by atoms with van der Waals surface area (Å²) in [5.41, 5.74) is -6.78. The zero-order chi connectivity index (χ0) is 24.5. The molecular formula is C22H30F6O4. The third kappa shape index (κ3) is 3.85. The number of halogens is 6. The van der Waals surface area contributed by atoms with E-state index in [2.05, 4.69) is 6.58 Å². The minimum absolute atomic E-state index is 0.0492. The first-order valence-corrected chi connectivity index (χ1v) is 10.7. The summed E-state index contributed by atoms with van der Waals surface area (Å²) in [5.74, 6) is -0.366. The summed E-state index contributed by atoms with van der Waals surface area (Å²) in [6.07, 6.45) is -11.7. The average Bonchev–Trinajstić information content (AvgIpc) is 2.60. The zero-order valence-corrected chi connectivity index (χ0v) is 18.6. The van der Waals surface area contributed by atoms with E-state index in [1.807, 2.05) is 0 Å². The lowest BCUT2D eigenvalue weighted by atomic mass is 9.45. The summed E-state index contributed by atoms with van der Waals surface area (Å²) < 4.78 is 91.1.